The summed E-state index contributed by atoms with van der Waals surface area (Å²) in [6.45, 7) is 6.35. The summed E-state index contributed by atoms with van der Waals surface area (Å²) in [6.07, 6.45) is 1.28. The molecule has 3 aromatic heterocycles. The highest BCUT2D eigenvalue weighted by molar-refractivity contribution is 5.79. The fourth-order valence-corrected chi connectivity index (χ4v) is 3.85. The molecule has 0 saturated heterocycles. The van der Waals surface area contributed by atoms with Crippen LogP contribution in [0.1, 0.15) is 23.6 Å². The van der Waals surface area contributed by atoms with Crippen molar-refractivity contribution in [2.45, 2.75) is 20.8 Å². The molecule has 0 bridgehead atoms. The molecule has 0 spiro atoms. The highest BCUT2D eigenvalue weighted by atomic mass is 16.5. The summed E-state index contributed by atoms with van der Waals surface area (Å²) < 4.78 is 6.58. The fraction of sp³-hybridized carbons (Fsp3) is 0.160. The molecule has 3 N–H and O–H groups in total. The van der Waals surface area contributed by atoms with E-state index in [4.69, 9.17) is 4.74 Å². The van der Waals surface area contributed by atoms with E-state index in [0.29, 0.717) is 29.1 Å². The molecule has 0 saturated carbocycles. The molecule has 10 heteroatoms. The van der Waals surface area contributed by atoms with E-state index in [9.17, 15) is 14.9 Å². The number of benzene rings is 2. The van der Waals surface area contributed by atoms with Gasteiger partial charge in [0.15, 0.2) is 5.65 Å². The normalized spacial score (nSPS) is 11.0. The number of nitrogens with one attached hydrogen (secondary N) is 3. The van der Waals surface area contributed by atoms with E-state index < -0.39 is 11.1 Å². The van der Waals surface area contributed by atoms with Crippen LogP contribution in [0, 0.1) is 25.2 Å². The van der Waals surface area contributed by atoms with Gasteiger partial charge in [0.25, 0.3) is 11.1 Å². The van der Waals surface area contributed by atoms with Gasteiger partial charge in [0.05, 0.1) is 23.2 Å². The Morgan fingerprint density at radius 1 is 1.14 bits per heavy atom. The van der Waals surface area contributed by atoms with E-state index >= 15 is 0 Å². The second-order valence-corrected chi connectivity index (χ2v) is 8.06. The smallest absolute Gasteiger partial charge is 0.282 e. The first-order chi connectivity index (χ1) is 16.9. The van der Waals surface area contributed by atoms with Crippen molar-refractivity contribution in [2.75, 3.05) is 11.9 Å². The van der Waals surface area contributed by atoms with Crippen molar-refractivity contribution in [3.63, 3.8) is 0 Å². The molecule has 5 rings (SSSR count). The lowest BCUT2D eigenvalue weighted by atomic mass is 10.1. The Morgan fingerprint density at radius 3 is 2.60 bits per heavy atom. The lowest BCUT2D eigenvalue weighted by molar-refractivity contribution is 0.340. The van der Waals surface area contributed by atoms with E-state index in [-0.39, 0.29) is 22.5 Å². The van der Waals surface area contributed by atoms with Gasteiger partial charge in [-0.1, -0.05) is 0 Å². The molecule has 10 nitrogen and oxygen atoms in total. The first-order valence-electron chi connectivity index (χ1n) is 10.9. The number of rotatable bonds is 5. The zero-order chi connectivity index (χ0) is 24.7. The van der Waals surface area contributed by atoms with Crippen LogP contribution in [0.3, 0.4) is 0 Å². The molecule has 0 amide bonds. The molecule has 0 aliphatic rings. The van der Waals surface area contributed by atoms with E-state index in [0.717, 1.165) is 21.4 Å². The van der Waals surface area contributed by atoms with Crippen LogP contribution < -0.4 is 21.2 Å². The molecule has 0 radical (unpaired) electrons. The first-order valence-corrected chi connectivity index (χ1v) is 10.9. The maximum Gasteiger partial charge on any atom is 0.282 e. The van der Waals surface area contributed by atoms with Crippen molar-refractivity contribution in [3.05, 3.63) is 80.0 Å². The van der Waals surface area contributed by atoms with Gasteiger partial charge in [-0.25, -0.2) is 9.97 Å². The van der Waals surface area contributed by atoms with Gasteiger partial charge in [-0.15, -0.1) is 0 Å². The van der Waals surface area contributed by atoms with Gasteiger partial charge in [-0.05, 0) is 68.3 Å². The molecule has 35 heavy (non-hydrogen) atoms. The van der Waals surface area contributed by atoms with Gasteiger partial charge in [0.1, 0.15) is 28.9 Å². The number of nitriles is 1. The Kier molecular flexibility index (Phi) is 5.30. The van der Waals surface area contributed by atoms with Crippen LogP contribution >= 0.6 is 0 Å². The molecule has 5 aromatic rings. The quantitative estimate of drug-likeness (QED) is 0.359. The summed E-state index contributed by atoms with van der Waals surface area (Å²) in [4.78, 5) is 37.7. The van der Waals surface area contributed by atoms with Crippen LogP contribution in [0.2, 0.25) is 0 Å². The van der Waals surface area contributed by atoms with Gasteiger partial charge < -0.3 is 15.0 Å². The summed E-state index contributed by atoms with van der Waals surface area (Å²) >= 11 is 0. The molecular formula is C25H21N7O3. The third-order valence-electron chi connectivity index (χ3n) is 5.77. The van der Waals surface area contributed by atoms with Crippen molar-refractivity contribution in [3.8, 4) is 23.1 Å². The molecule has 174 valence electrons. The zero-order valence-electron chi connectivity index (χ0n) is 19.3. The molecule has 0 aliphatic carbocycles. The topological polar surface area (TPSA) is 141 Å². The van der Waals surface area contributed by atoms with E-state index in [1.165, 1.54) is 6.20 Å². The highest BCUT2D eigenvalue weighted by Crippen LogP contribution is 2.24. The molecule has 0 unspecified atom stereocenters. The van der Waals surface area contributed by atoms with Crippen molar-refractivity contribution in [1.29, 1.82) is 5.26 Å². The predicted molar refractivity (Wildman–Crippen MR) is 132 cm³/mol. The molecule has 2 aromatic carbocycles. The predicted octanol–water partition coefficient (Wildman–Crippen LogP) is 3.56. The summed E-state index contributed by atoms with van der Waals surface area (Å²) in [5.41, 5.74) is 3.10. The summed E-state index contributed by atoms with van der Waals surface area (Å²) in [5, 5.41) is 15.7. The van der Waals surface area contributed by atoms with E-state index in [1.54, 1.807) is 24.3 Å². The largest absolute Gasteiger partial charge is 0.494 e. The number of hydrogen-bond donors (Lipinski definition) is 3. The van der Waals surface area contributed by atoms with Crippen LogP contribution in [0.15, 0.2) is 52.2 Å². The number of anilines is 2. The summed E-state index contributed by atoms with van der Waals surface area (Å²) in [7, 11) is 0. The monoisotopic (exact) mass is 467 g/mol. The van der Waals surface area contributed by atoms with E-state index in [1.807, 2.05) is 32.9 Å². The lowest BCUT2D eigenvalue weighted by Crippen LogP contribution is -2.22. The standard InChI is InChI=1S/C25H21N7O3/c1-4-35-16-7-5-15(6-8-16)28-22-17(11-26)23-27-12-18(25(34)32(23)31-22)21-24(33)30-20-10-14(3)13(2)9-19(20)29-21/h5-10,12,28,31H,4H2,1-3H3,(H,30,33). The Hall–Kier alpha value is -4.91. The molecule has 0 atom stereocenters. The Labute approximate surface area is 198 Å². The first kappa shape index (κ1) is 21.9. The number of hydrogen-bond acceptors (Lipinski definition) is 7. The number of nitrogens with zero attached hydrogens (tertiary/aromatic N) is 4. The Morgan fingerprint density at radius 2 is 1.89 bits per heavy atom. The average Bonchev–Trinajstić information content (AvgIpc) is 3.20. The number of fused-ring (bicyclic) bond motifs is 2. The van der Waals surface area contributed by atoms with Crippen molar-refractivity contribution in [2.24, 2.45) is 0 Å². The molecule has 3 heterocycles. The second kappa shape index (κ2) is 8.46. The number of aromatic nitrogens is 5. The Balaban J connectivity index is 1.61. The van der Waals surface area contributed by atoms with Gasteiger partial charge in [-0.2, -0.15) is 9.78 Å². The maximum absolute atomic E-state index is 13.3. The zero-order valence-corrected chi connectivity index (χ0v) is 19.3. The number of ether oxygens (including phenoxy) is 1. The summed E-state index contributed by atoms with van der Waals surface area (Å²) in [5.74, 6) is 1.01. The van der Waals surface area contributed by atoms with Crippen LogP contribution in [0.5, 0.6) is 5.75 Å². The minimum absolute atomic E-state index is 0.0160. The SMILES string of the molecule is CCOc1ccc(Nc2[nH]n3c(=O)c(-c4nc5cc(C)c(C)cc5[nH]c4=O)cnc3c2C#N)cc1. The fourth-order valence-electron chi connectivity index (χ4n) is 3.85. The van der Waals surface area contributed by atoms with Crippen molar-refractivity contribution < 1.29 is 4.74 Å². The maximum atomic E-state index is 13.3. The van der Waals surface area contributed by atoms with Gasteiger partial charge in [0.2, 0.25) is 0 Å². The molecule has 0 aliphatic heterocycles. The third kappa shape index (κ3) is 3.79. The average molecular weight is 467 g/mol. The summed E-state index contributed by atoms with van der Waals surface area (Å²) in [6, 6.07) is 13.0. The molecule has 0 fully saturated rings. The minimum Gasteiger partial charge on any atom is -0.494 e. The van der Waals surface area contributed by atoms with Crippen LogP contribution in [-0.2, 0) is 0 Å². The second-order valence-electron chi connectivity index (χ2n) is 8.06. The van der Waals surface area contributed by atoms with E-state index in [2.05, 4.69) is 31.4 Å². The third-order valence-corrected chi connectivity index (χ3v) is 5.77. The lowest BCUT2D eigenvalue weighted by Gasteiger charge is -2.06. The van der Waals surface area contributed by atoms with Crippen molar-refractivity contribution in [1.82, 2.24) is 24.6 Å². The van der Waals surface area contributed by atoms with Crippen LogP contribution in [-0.4, -0.2) is 31.2 Å². The number of aryl methyl sites for hydroxylation is 2. The number of H-pyrrole nitrogens is 2. The Bertz CT molecular complexity index is 1760. The van der Waals surface area contributed by atoms with Gasteiger partial charge >= 0.3 is 0 Å². The minimum atomic E-state index is -0.549. The highest BCUT2D eigenvalue weighted by Gasteiger charge is 2.19. The number of aromatic amines is 2. The van der Waals surface area contributed by atoms with Crippen LogP contribution in [0.4, 0.5) is 11.5 Å². The van der Waals surface area contributed by atoms with Crippen molar-refractivity contribution >= 4 is 28.2 Å². The van der Waals surface area contributed by atoms with Gasteiger partial charge in [-0.3, -0.25) is 14.7 Å². The molecular weight excluding hydrogens is 446 g/mol. The van der Waals surface area contributed by atoms with Gasteiger partial charge in [0, 0.05) is 11.9 Å². The van der Waals surface area contributed by atoms with Crippen LogP contribution in [0.25, 0.3) is 27.9 Å².